The average Bonchev–Trinajstić information content (AvgIpc) is 3.55. The summed E-state index contributed by atoms with van der Waals surface area (Å²) in [5.74, 6) is 0.745. The van der Waals surface area contributed by atoms with Gasteiger partial charge in [-0.3, -0.25) is 4.40 Å². The van der Waals surface area contributed by atoms with Gasteiger partial charge in [-0.1, -0.05) is 36.6 Å². The van der Waals surface area contributed by atoms with Gasteiger partial charge in [0.15, 0.2) is 11.3 Å². The van der Waals surface area contributed by atoms with Crippen LogP contribution in [0.3, 0.4) is 0 Å². The maximum Gasteiger partial charge on any atom is 0.330 e. The number of aromatic nitrogens is 5. The van der Waals surface area contributed by atoms with Gasteiger partial charge in [-0.2, -0.15) is 0 Å². The molecule has 182 valence electrons. The largest absolute Gasteiger partial charge is 0.463 e. The molecular weight excluding hydrogens is 466 g/mol. The Morgan fingerprint density at radius 2 is 1.91 bits per heavy atom. The molecule has 1 aliphatic carbocycles. The van der Waals surface area contributed by atoms with E-state index in [9.17, 15) is 13.2 Å². The molecule has 0 spiro atoms. The van der Waals surface area contributed by atoms with Crippen molar-refractivity contribution in [3.05, 3.63) is 65.8 Å². The summed E-state index contributed by atoms with van der Waals surface area (Å²) in [5, 5.41) is 8.80. The smallest absolute Gasteiger partial charge is 0.330 e. The van der Waals surface area contributed by atoms with Gasteiger partial charge in [0.1, 0.15) is 5.82 Å². The zero-order valence-electron chi connectivity index (χ0n) is 19.9. The molecule has 0 bridgehead atoms. The van der Waals surface area contributed by atoms with Crippen LogP contribution in [0.15, 0.2) is 59.3 Å². The highest BCUT2D eigenvalue weighted by atomic mass is 32.2. The first kappa shape index (κ1) is 23.2. The van der Waals surface area contributed by atoms with Crippen molar-refractivity contribution in [2.45, 2.75) is 50.8 Å². The van der Waals surface area contributed by atoms with Crippen molar-refractivity contribution in [3.63, 3.8) is 0 Å². The number of hydrogen-bond donors (Lipinski definition) is 0. The zero-order valence-corrected chi connectivity index (χ0v) is 20.7. The molecule has 0 radical (unpaired) electrons. The maximum absolute atomic E-state index is 13.4. The Balaban J connectivity index is 1.60. The molecule has 1 aromatic carbocycles. The third-order valence-electron chi connectivity index (χ3n) is 6.68. The van der Waals surface area contributed by atoms with Gasteiger partial charge in [-0.05, 0) is 50.8 Å². The Morgan fingerprint density at radius 1 is 1.14 bits per heavy atom. The predicted molar refractivity (Wildman–Crippen MR) is 131 cm³/mol. The molecule has 0 aliphatic heterocycles. The summed E-state index contributed by atoms with van der Waals surface area (Å²) < 4.78 is 34.9. The normalized spacial score (nSPS) is 19.7. The van der Waals surface area contributed by atoms with Crippen molar-refractivity contribution < 1.29 is 17.9 Å². The van der Waals surface area contributed by atoms with Gasteiger partial charge in [0.2, 0.25) is 0 Å². The van der Waals surface area contributed by atoms with Crippen LogP contribution in [0.4, 0.5) is 0 Å². The van der Waals surface area contributed by atoms with Crippen LogP contribution in [0.2, 0.25) is 0 Å². The fourth-order valence-corrected chi connectivity index (χ4v) is 6.22. The minimum atomic E-state index is -3.83. The maximum atomic E-state index is 13.4. The molecule has 1 fully saturated rings. The number of carbonyl (C=O) groups excluding carboxylic acids is 1. The third kappa shape index (κ3) is 4.01. The number of benzene rings is 1. The molecule has 9 nitrogen and oxygen atoms in total. The quantitative estimate of drug-likeness (QED) is 0.295. The minimum Gasteiger partial charge on any atom is -0.463 e. The van der Waals surface area contributed by atoms with Crippen LogP contribution in [0.1, 0.15) is 50.4 Å². The Bertz CT molecular complexity index is 1550. The van der Waals surface area contributed by atoms with Gasteiger partial charge in [0, 0.05) is 18.2 Å². The lowest BCUT2D eigenvalue weighted by molar-refractivity contribution is -0.137. The predicted octanol–water partition coefficient (Wildman–Crippen LogP) is 4.02. The fourth-order valence-electron chi connectivity index (χ4n) is 4.92. The number of esters is 1. The van der Waals surface area contributed by atoms with Crippen molar-refractivity contribution in [1.82, 2.24) is 23.6 Å². The van der Waals surface area contributed by atoms with E-state index in [1.54, 1.807) is 49.5 Å². The van der Waals surface area contributed by atoms with Gasteiger partial charge >= 0.3 is 5.97 Å². The van der Waals surface area contributed by atoms with Crippen LogP contribution in [0, 0.1) is 12.8 Å². The lowest BCUT2D eigenvalue weighted by Gasteiger charge is -2.16. The van der Waals surface area contributed by atoms with Crippen LogP contribution in [-0.2, 0) is 19.6 Å². The molecule has 4 aromatic rings. The number of aryl methyl sites for hydroxylation is 1. The highest BCUT2D eigenvalue weighted by Crippen LogP contribution is 2.44. The van der Waals surface area contributed by atoms with Gasteiger partial charge in [-0.25, -0.2) is 22.2 Å². The molecule has 3 heterocycles. The van der Waals surface area contributed by atoms with E-state index in [2.05, 4.69) is 22.1 Å². The summed E-state index contributed by atoms with van der Waals surface area (Å²) in [6, 6.07) is 8.48. The second kappa shape index (κ2) is 8.92. The number of nitrogens with zero attached hydrogens (tertiary/aromatic N) is 5. The number of carbonyl (C=O) groups is 1. The first-order valence-corrected chi connectivity index (χ1v) is 13.2. The summed E-state index contributed by atoms with van der Waals surface area (Å²) in [4.78, 5) is 16.6. The zero-order chi connectivity index (χ0) is 24.7. The van der Waals surface area contributed by atoms with Gasteiger partial charge < -0.3 is 4.74 Å². The molecule has 35 heavy (non-hydrogen) atoms. The first-order valence-electron chi connectivity index (χ1n) is 11.7. The van der Waals surface area contributed by atoms with Crippen LogP contribution >= 0.6 is 0 Å². The van der Waals surface area contributed by atoms with Crippen LogP contribution in [0.5, 0.6) is 0 Å². The second-order valence-corrected chi connectivity index (χ2v) is 10.7. The van der Waals surface area contributed by atoms with Crippen molar-refractivity contribution in [2.75, 3.05) is 6.61 Å². The molecule has 0 saturated heterocycles. The monoisotopic (exact) mass is 493 g/mol. The molecule has 0 N–H and O–H groups in total. The van der Waals surface area contributed by atoms with Crippen LogP contribution in [-0.4, -0.2) is 44.5 Å². The standard InChI is InChI=1S/C25H27N5O4S/c1-4-18-12-17(14-23(31)34-5-2)13-20(18)24-28-27-22-15-26-25-21(30(22)24)10-11-29(25)35(32,33)19-8-6-16(3)7-9-19/h6-11,14-15,18,20H,4-5,12-13H2,1-3H3/t18-,20+/m0/s1. The number of fused-ring (bicyclic) bond motifs is 3. The summed E-state index contributed by atoms with van der Waals surface area (Å²) in [6.45, 7) is 6.16. The molecule has 5 rings (SSSR count). The van der Waals surface area contributed by atoms with Crippen LogP contribution < -0.4 is 0 Å². The summed E-state index contributed by atoms with van der Waals surface area (Å²) in [7, 11) is -3.83. The van der Waals surface area contributed by atoms with E-state index in [1.807, 2.05) is 11.3 Å². The Hall–Kier alpha value is -3.53. The number of hydrogen-bond acceptors (Lipinski definition) is 7. The highest BCUT2D eigenvalue weighted by Gasteiger charge is 2.35. The topological polar surface area (TPSA) is 108 Å². The van der Waals surface area contributed by atoms with E-state index in [0.29, 0.717) is 29.8 Å². The SMILES string of the molecule is CCOC(=O)C=C1C[C@H](CC)[C@H](c2nnc3cnc4c(ccn4S(=O)(=O)c4ccc(C)cc4)n23)C1. The van der Waals surface area contributed by atoms with E-state index in [4.69, 9.17) is 4.74 Å². The molecule has 1 aliphatic rings. The summed E-state index contributed by atoms with van der Waals surface area (Å²) in [6.07, 6.45) is 7.03. The van der Waals surface area contributed by atoms with Gasteiger partial charge in [0.05, 0.1) is 23.2 Å². The van der Waals surface area contributed by atoms with E-state index in [1.165, 1.54) is 10.2 Å². The number of rotatable bonds is 6. The number of ether oxygens (including phenoxy) is 1. The molecular formula is C25H27N5O4S. The van der Waals surface area contributed by atoms with Crippen molar-refractivity contribution in [1.29, 1.82) is 0 Å². The van der Waals surface area contributed by atoms with Crippen LogP contribution in [0.25, 0.3) is 16.8 Å². The third-order valence-corrected chi connectivity index (χ3v) is 8.36. The van der Waals surface area contributed by atoms with Crippen molar-refractivity contribution in [3.8, 4) is 0 Å². The van der Waals surface area contributed by atoms with E-state index < -0.39 is 10.0 Å². The molecule has 2 atom stereocenters. The lowest BCUT2D eigenvalue weighted by Crippen LogP contribution is -2.13. The average molecular weight is 494 g/mol. The van der Waals surface area contributed by atoms with Crippen molar-refractivity contribution >= 4 is 32.8 Å². The molecule has 0 unspecified atom stereocenters. The van der Waals surface area contributed by atoms with E-state index >= 15 is 0 Å². The Kier molecular flexibility index (Phi) is 5.92. The first-order chi connectivity index (χ1) is 16.8. The molecule has 0 amide bonds. The minimum absolute atomic E-state index is 0.0401. The van der Waals surface area contributed by atoms with Gasteiger partial charge in [0.25, 0.3) is 10.0 Å². The van der Waals surface area contributed by atoms with E-state index in [0.717, 1.165) is 29.8 Å². The Labute approximate surface area is 203 Å². The van der Waals surface area contributed by atoms with Gasteiger partial charge in [-0.15, -0.1) is 10.2 Å². The summed E-state index contributed by atoms with van der Waals surface area (Å²) in [5.41, 5.74) is 3.49. The number of allylic oxidation sites excluding steroid dienone is 1. The highest BCUT2D eigenvalue weighted by molar-refractivity contribution is 7.90. The van der Waals surface area contributed by atoms with Crippen molar-refractivity contribution in [2.24, 2.45) is 5.92 Å². The molecule has 10 heteroatoms. The second-order valence-electron chi connectivity index (χ2n) is 8.89. The molecule has 1 saturated carbocycles. The fraction of sp³-hybridized carbons (Fsp3) is 0.360. The summed E-state index contributed by atoms with van der Waals surface area (Å²) >= 11 is 0. The lowest BCUT2D eigenvalue weighted by atomic mass is 9.93. The Morgan fingerprint density at radius 3 is 2.63 bits per heavy atom. The molecule has 3 aromatic heterocycles. The van der Waals surface area contributed by atoms with E-state index in [-0.39, 0.29) is 22.7 Å².